The lowest BCUT2D eigenvalue weighted by molar-refractivity contribution is -0.122. The van der Waals surface area contributed by atoms with Crippen molar-refractivity contribution in [2.24, 2.45) is 11.8 Å². The predicted molar refractivity (Wildman–Crippen MR) is 125 cm³/mol. The predicted octanol–water partition coefficient (Wildman–Crippen LogP) is 3.90. The molecule has 4 atom stereocenters. The van der Waals surface area contributed by atoms with E-state index in [-0.39, 0.29) is 33.8 Å². The van der Waals surface area contributed by atoms with Crippen molar-refractivity contribution in [3.63, 3.8) is 0 Å². The second-order valence-corrected chi connectivity index (χ2v) is 9.39. The second kappa shape index (κ2) is 9.53. The number of fused-ring (bicyclic) bond motifs is 1. The first kappa shape index (κ1) is 23.3. The molecule has 1 aliphatic carbocycles. The summed E-state index contributed by atoms with van der Waals surface area (Å²) in [6, 6.07) is 13.2. The summed E-state index contributed by atoms with van der Waals surface area (Å²) in [5.74, 6) is -2.95. The van der Waals surface area contributed by atoms with E-state index in [1.807, 2.05) is 19.1 Å². The van der Waals surface area contributed by atoms with E-state index in [4.69, 9.17) is 27.9 Å². The number of carbonyl (C=O) groups is 4. The highest BCUT2D eigenvalue weighted by Gasteiger charge is 2.52. The van der Waals surface area contributed by atoms with Gasteiger partial charge in [-0.3, -0.25) is 19.3 Å². The van der Waals surface area contributed by atoms with Crippen LogP contribution in [0.4, 0.5) is 11.4 Å². The van der Waals surface area contributed by atoms with E-state index < -0.39 is 30.3 Å². The van der Waals surface area contributed by atoms with Crippen LogP contribution in [0.15, 0.2) is 48.5 Å². The highest BCUT2D eigenvalue weighted by atomic mass is 35.5. The molecule has 2 aromatic rings. The summed E-state index contributed by atoms with van der Waals surface area (Å²) >= 11 is 12.4. The standard InChI is InChI=1S/C24H22Cl2N2O5/c1-13-5-7-15(8-6-13)27-21(29)12-33-24(32)14-3-2-4-16(9-14)28-22(30)17-10-19(25)20(26)11-18(17)23(28)31/h2-9,17-20H,10-12H2,1H3,(H,27,29)/t17-,18-,19-,20+/m1/s1. The maximum atomic E-state index is 12.9. The molecule has 9 heteroatoms. The molecule has 3 amide bonds. The summed E-state index contributed by atoms with van der Waals surface area (Å²) in [6.07, 6.45) is 0.665. The van der Waals surface area contributed by atoms with Crippen molar-refractivity contribution in [2.75, 3.05) is 16.8 Å². The van der Waals surface area contributed by atoms with Gasteiger partial charge in [0, 0.05) is 5.69 Å². The number of esters is 1. The van der Waals surface area contributed by atoms with E-state index in [9.17, 15) is 19.2 Å². The molecule has 1 aliphatic heterocycles. The van der Waals surface area contributed by atoms with E-state index in [1.165, 1.54) is 12.1 Å². The van der Waals surface area contributed by atoms with Crippen LogP contribution in [-0.2, 0) is 19.1 Å². The van der Waals surface area contributed by atoms with E-state index in [0.717, 1.165) is 10.5 Å². The molecular formula is C24H22Cl2N2O5. The fourth-order valence-corrected chi connectivity index (χ4v) is 4.76. The maximum absolute atomic E-state index is 12.9. The molecule has 1 saturated carbocycles. The lowest BCUT2D eigenvalue weighted by Gasteiger charge is -2.28. The summed E-state index contributed by atoms with van der Waals surface area (Å²) in [5.41, 5.74) is 2.04. The van der Waals surface area contributed by atoms with Crippen LogP contribution in [0.3, 0.4) is 0 Å². The molecule has 33 heavy (non-hydrogen) atoms. The van der Waals surface area contributed by atoms with E-state index in [0.29, 0.717) is 18.5 Å². The third-order valence-electron chi connectivity index (χ3n) is 5.92. The zero-order valence-electron chi connectivity index (χ0n) is 17.8. The molecular weight excluding hydrogens is 467 g/mol. The maximum Gasteiger partial charge on any atom is 0.338 e. The largest absolute Gasteiger partial charge is 0.452 e. The van der Waals surface area contributed by atoms with Crippen LogP contribution in [0.5, 0.6) is 0 Å². The number of amides is 3. The van der Waals surface area contributed by atoms with Crippen molar-refractivity contribution >= 4 is 58.3 Å². The zero-order chi connectivity index (χ0) is 23.7. The van der Waals surface area contributed by atoms with Gasteiger partial charge in [-0.15, -0.1) is 23.2 Å². The van der Waals surface area contributed by atoms with Gasteiger partial charge in [0.1, 0.15) is 0 Å². The van der Waals surface area contributed by atoms with Gasteiger partial charge in [0.05, 0.1) is 33.8 Å². The van der Waals surface area contributed by atoms with Gasteiger partial charge in [0.25, 0.3) is 5.91 Å². The number of aryl methyl sites for hydroxylation is 1. The minimum absolute atomic E-state index is 0.122. The van der Waals surface area contributed by atoms with Gasteiger partial charge in [0.2, 0.25) is 11.8 Å². The summed E-state index contributed by atoms with van der Waals surface area (Å²) in [5, 5.41) is 1.89. The van der Waals surface area contributed by atoms with Crippen molar-refractivity contribution in [3.05, 3.63) is 59.7 Å². The average molecular weight is 489 g/mol. The molecule has 1 N–H and O–H groups in total. The summed E-state index contributed by atoms with van der Waals surface area (Å²) in [4.78, 5) is 51.5. The third-order valence-corrected chi connectivity index (χ3v) is 7.01. The number of hydrogen-bond acceptors (Lipinski definition) is 5. The summed E-state index contributed by atoms with van der Waals surface area (Å²) < 4.78 is 5.11. The molecule has 172 valence electrons. The molecule has 4 rings (SSSR count). The topological polar surface area (TPSA) is 92.8 Å². The van der Waals surface area contributed by atoms with Crippen LogP contribution in [0.1, 0.15) is 28.8 Å². The van der Waals surface area contributed by atoms with Gasteiger partial charge in [0.15, 0.2) is 6.61 Å². The number of alkyl halides is 2. The van der Waals surface area contributed by atoms with E-state index in [2.05, 4.69) is 5.32 Å². The summed E-state index contributed by atoms with van der Waals surface area (Å²) in [6.45, 7) is 1.46. The molecule has 0 unspecified atom stereocenters. The Hall–Kier alpha value is -2.90. The smallest absolute Gasteiger partial charge is 0.338 e. The molecule has 0 spiro atoms. The fraction of sp³-hybridized carbons (Fsp3) is 0.333. The number of carbonyl (C=O) groups excluding carboxylic acids is 4. The lowest BCUT2D eigenvalue weighted by atomic mass is 9.80. The first-order chi connectivity index (χ1) is 15.7. The zero-order valence-corrected chi connectivity index (χ0v) is 19.3. The fourth-order valence-electron chi connectivity index (χ4n) is 4.17. The molecule has 1 heterocycles. The van der Waals surface area contributed by atoms with Crippen molar-refractivity contribution < 1.29 is 23.9 Å². The number of nitrogens with zero attached hydrogens (tertiary/aromatic N) is 1. The Bertz CT molecular complexity index is 1080. The normalized spacial score (nSPS) is 24.4. The Labute approximate surface area is 201 Å². The second-order valence-electron chi connectivity index (χ2n) is 8.27. The van der Waals surface area contributed by atoms with E-state index >= 15 is 0 Å². The highest BCUT2D eigenvalue weighted by Crippen LogP contribution is 2.43. The minimum Gasteiger partial charge on any atom is -0.452 e. The third kappa shape index (κ3) is 4.89. The van der Waals surface area contributed by atoms with Gasteiger partial charge >= 0.3 is 5.97 Å². The van der Waals surface area contributed by atoms with Crippen molar-refractivity contribution in [2.45, 2.75) is 30.5 Å². The highest BCUT2D eigenvalue weighted by molar-refractivity contribution is 6.31. The average Bonchev–Trinajstić information content (AvgIpc) is 3.03. The molecule has 7 nitrogen and oxygen atoms in total. The summed E-state index contributed by atoms with van der Waals surface area (Å²) in [7, 11) is 0. The van der Waals surface area contributed by atoms with Gasteiger partial charge in [-0.1, -0.05) is 23.8 Å². The molecule has 0 radical (unpaired) electrons. The Morgan fingerprint density at radius 2 is 1.61 bits per heavy atom. The number of benzene rings is 2. The molecule has 0 aromatic heterocycles. The number of rotatable bonds is 5. The first-order valence-corrected chi connectivity index (χ1v) is 11.4. The van der Waals surface area contributed by atoms with Crippen molar-refractivity contribution in [3.8, 4) is 0 Å². The quantitative estimate of drug-likeness (QED) is 0.391. The van der Waals surface area contributed by atoms with Crippen molar-refractivity contribution in [1.82, 2.24) is 0 Å². The molecule has 0 bridgehead atoms. The van der Waals surface area contributed by atoms with Crippen LogP contribution in [0.25, 0.3) is 0 Å². The van der Waals surface area contributed by atoms with Crippen LogP contribution < -0.4 is 10.2 Å². The Kier molecular flexibility index (Phi) is 6.72. The van der Waals surface area contributed by atoms with Gasteiger partial charge < -0.3 is 10.1 Å². The SMILES string of the molecule is Cc1ccc(NC(=O)COC(=O)c2cccc(N3C(=O)[C@@H]4C[C@@H](Cl)[C@@H](Cl)C[C@H]4C3=O)c2)cc1. The number of ether oxygens (including phenoxy) is 1. The molecule has 1 saturated heterocycles. The molecule has 2 aliphatic rings. The lowest BCUT2D eigenvalue weighted by Crippen LogP contribution is -2.34. The molecule has 2 aromatic carbocycles. The monoisotopic (exact) mass is 488 g/mol. The first-order valence-electron chi connectivity index (χ1n) is 10.5. The Morgan fingerprint density at radius 3 is 2.21 bits per heavy atom. The minimum atomic E-state index is -0.742. The van der Waals surface area contributed by atoms with Crippen LogP contribution in [0.2, 0.25) is 0 Å². The number of anilines is 2. The number of hydrogen-bond donors (Lipinski definition) is 1. The number of halogens is 2. The van der Waals surface area contributed by atoms with Gasteiger partial charge in [-0.2, -0.15) is 0 Å². The van der Waals surface area contributed by atoms with Gasteiger partial charge in [-0.25, -0.2) is 4.79 Å². The van der Waals surface area contributed by atoms with Crippen LogP contribution in [-0.4, -0.2) is 41.1 Å². The van der Waals surface area contributed by atoms with Gasteiger partial charge in [-0.05, 0) is 50.1 Å². The molecule has 2 fully saturated rings. The number of nitrogens with one attached hydrogen (secondary N) is 1. The Balaban J connectivity index is 1.41. The number of imide groups is 1. The van der Waals surface area contributed by atoms with Crippen LogP contribution >= 0.6 is 23.2 Å². The van der Waals surface area contributed by atoms with E-state index in [1.54, 1.807) is 24.3 Å². The Morgan fingerprint density at radius 1 is 1.00 bits per heavy atom. The van der Waals surface area contributed by atoms with Crippen LogP contribution in [0, 0.1) is 18.8 Å². The van der Waals surface area contributed by atoms with Crippen molar-refractivity contribution in [1.29, 1.82) is 0 Å².